The molecular weight excluding hydrogens is 295 g/mol. The summed E-state index contributed by atoms with van der Waals surface area (Å²) in [6, 6.07) is 4.17. The highest BCUT2D eigenvalue weighted by molar-refractivity contribution is 7.15. The summed E-state index contributed by atoms with van der Waals surface area (Å²) in [7, 11) is 1.46. The van der Waals surface area contributed by atoms with E-state index in [4.69, 9.17) is 9.84 Å². The lowest BCUT2D eigenvalue weighted by Gasteiger charge is -2.09. The van der Waals surface area contributed by atoms with Crippen molar-refractivity contribution in [1.82, 2.24) is 4.98 Å². The van der Waals surface area contributed by atoms with E-state index in [2.05, 4.69) is 10.3 Å². The first-order valence-corrected chi connectivity index (χ1v) is 7.23. The predicted molar refractivity (Wildman–Crippen MR) is 77.0 cm³/mol. The van der Waals surface area contributed by atoms with Crippen LogP contribution in [-0.2, 0) is 11.2 Å². The molecule has 1 unspecified atom stereocenters. The molecule has 0 saturated carbocycles. The Kier molecular flexibility index (Phi) is 3.50. The molecule has 0 radical (unpaired) electrons. The Morgan fingerprint density at radius 1 is 1.57 bits per heavy atom. The minimum atomic E-state index is -0.843. The van der Waals surface area contributed by atoms with Gasteiger partial charge < -0.3 is 15.2 Å². The molecule has 1 heterocycles. The average molecular weight is 308 g/mol. The number of carboxylic acid groups (broad SMARTS) is 1. The van der Waals surface area contributed by atoms with Gasteiger partial charge in [0, 0.05) is 10.9 Å². The molecular formula is C14H13FN2O3S. The molecule has 7 heteroatoms. The van der Waals surface area contributed by atoms with Gasteiger partial charge in [-0.15, -0.1) is 11.3 Å². The highest BCUT2D eigenvalue weighted by Crippen LogP contribution is 2.40. The van der Waals surface area contributed by atoms with Crippen LogP contribution in [0.4, 0.5) is 15.2 Å². The number of hydrogen-bond donors (Lipinski definition) is 2. The van der Waals surface area contributed by atoms with E-state index in [1.807, 2.05) is 0 Å². The van der Waals surface area contributed by atoms with Gasteiger partial charge in [0.05, 0.1) is 18.5 Å². The molecule has 0 bridgehead atoms. The highest BCUT2D eigenvalue weighted by atomic mass is 32.1. The first kappa shape index (κ1) is 13.8. The Balaban J connectivity index is 1.87. The summed E-state index contributed by atoms with van der Waals surface area (Å²) in [5.41, 5.74) is 1.23. The maximum absolute atomic E-state index is 13.2. The van der Waals surface area contributed by atoms with Crippen molar-refractivity contribution in [3.63, 3.8) is 0 Å². The Labute approximate surface area is 124 Å². The van der Waals surface area contributed by atoms with Crippen molar-refractivity contribution in [2.24, 2.45) is 0 Å². The summed E-state index contributed by atoms with van der Waals surface area (Å²) in [6.45, 7) is 0. The van der Waals surface area contributed by atoms with E-state index in [1.54, 1.807) is 6.07 Å². The second-order valence-electron chi connectivity index (χ2n) is 4.73. The van der Waals surface area contributed by atoms with E-state index in [0.29, 0.717) is 28.7 Å². The van der Waals surface area contributed by atoms with Crippen molar-refractivity contribution in [3.05, 3.63) is 34.6 Å². The van der Waals surface area contributed by atoms with Gasteiger partial charge in [-0.05, 0) is 25.0 Å². The van der Waals surface area contributed by atoms with Gasteiger partial charge >= 0.3 is 5.97 Å². The summed E-state index contributed by atoms with van der Waals surface area (Å²) in [5, 5.41) is 12.8. The molecule has 110 valence electrons. The van der Waals surface area contributed by atoms with Crippen LogP contribution < -0.4 is 10.1 Å². The van der Waals surface area contributed by atoms with Crippen molar-refractivity contribution in [2.75, 3.05) is 12.4 Å². The van der Waals surface area contributed by atoms with E-state index in [0.717, 1.165) is 11.3 Å². The number of nitrogens with one attached hydrogen (secondary N) is 1. The lowest BCUT2D eigenvalue weighted by molar-refractivity contribution is -0.138. The van der Waals surface area contributed by atoms with E-state index in [-0.39, 0.29) is 5.82 Å². The Bertz CT molecular complexity index is 702. The fourth-order valence-electron chi connectivity index (χ4n) is 2.40. The van der Waals surface area contributed by atoms with Crippen LogP contribution in [0.1, 0.15) is 22.9 Å². The number of aryl methyl sites for hydroxylation is 1. The molecule has 1 aromatic heterocycles. The topological polar surface area (TPSA) is 71.5 Å². The molecule has 3 rings (SSSR count). The van der Waals surface area contributed by atoms with Gasteiger partial charge in [0.25, 0.3) is 0 Å². The number of hydrogen-bond acceptors (Lipinski definition) is 5. The van der Waals surface area contributed by atoms with Crippen LogP contribution in [0.25, 0.3) is 0 Å². The van der Waals surface area contributed by atoms with Crippen molar-refractivity contribution in [2.45, 2.75) is 18.8 Å². The zero-order valence-corrected chi connectivity index (χ0v) is 12.0. The van der Waals surface area contributed by atoms with Gasteiger partial charge in [-0.25, -0.2) is 9.37 Å². The molecule has 5 nitrogen and oxygen atoms in total. The molecule has 1 aliphatic rings. The second-order valence-corrected chi connectivity index (χ2v) is 5.81. The third kappa shape index (κ3) is 2.56. The molecule has 2 N–H and O–H groups in total. The van der Waals surface area contributed by atoms with Gasteiger partial charge in [0.1, 0.15) is 17.5 Å². The van der Waals surface area contributed by atoms with Crippen molar-refractivity contribution in [3.8, 4) is 5.75 Å². The van der Waals surface area contributed by atoms with Gasteiger partial charge in [-0.3, -0.25) is 4.79 Å². The quantitative estimate of drug-likeness (QED) is 0.908. The van der Waals surface area contributed by atoms with Crippen LogP contribution in [0.2, 0.25) is 0 Å². The fraction of sp³-hybridized carbons (Fsp3) is 0.286. The van der Waals surface area contributed by atoms with Gasteiger partial charge in [-0.1, -0.05) is 0 Å². The number of rotatable bonds is 4. The van der Waals surface area contributed by atoms with Gasteiger partial charge in [-0.2, -0.15) is 0 Å². The molecule has 21 heavy (non-hydrogen) atoms. The summed E-state index contributed by atoms with van der Waals surface area (Å²) in [5.74, 6) is -1.38. The number of methoxy groups -OCH3 is 1. The number of benzene rings is 1. The van der Waals surface area contributed by atoms with Gasteiger partial charge in [0.2, 0.25) is 0 Å². The maximum atomic E-state index is 13.2. The minimum absolute atomic E-state index is 0.375. The average Bonchev–Trinajstić information content (AvgIpc) is 3.00. The molecule has 0 aliphatic heterocycles. The first-order valence-electron chi connectivity index (χ1n) is 6.41. The Morgan fingerprint density at radius 2 is 2.38 bits per heavy atom. The third-order valence-corrected chi connectivity index (χ3v) is 4.47. The smallest absolute Gasteiger partial charge is 0.312 e. The standard InChI is InChI=1S/C14H13FN2O3S/c1-20-10-6-7(15)2-4-9(10)16-14-17-12-8(13(18)19)3-5-11(12)21-14/h2,4,6,8H,3,5H2,1H3,(H,16,17)(H,18,19). The number of ether oxygens (including phenoxy) is 1. The van der Waals surface area contributed by atoms with Crippen molar-refractivity contribution < 1.29 is 19.0 Å². The molecule has 0 spiro atoms. The van der Waals surface area contributed by atoms with E-state index >= 15 is 0 Å². The summed E-state index contributed by atoms with van der Waals surface area (Å²) in [6.07, 6.45) is 1.33. The molecule has 1 atom stereocenters. The zero-order chi connectivity index (χ0) is 15.0. The molecule has 1 aliphatic carbocycles. The van der Waals surface area contributed by atoms with E-state index in [1.165, 1.54) is 30.6 Å². The Hall–Kier alpha value is -2.15. The van der Waals surface area contributed by atoms with E-state index < -0.39 is 11.9 Å². The van der Waals surface area contributed by atoms with Crippen molar-refractivity contribution in [1.29, 1.82) is 0 Å². The number of fused-ring (bicyclic) bond motifs is 1. The predicted octanol–water partition coefficient (Wildman–Crippen LogP) is 3.15. The molecule has 1 aromatic carbocycles. The maximum Gasteiger partial charge on any atom is 0.312 e. The van der Waals surface area contributed by atoms with Crippen LogP contribution in [-0.4, -0.2) is 23.2 Å². The molecule has 0 amide bonds. The van der Waals surface area contributed by atoms with Crippen LogP contribution in [0.15, 0.2) is 18.2 Å². The minimum Gasteiger partial charge on any atom is -0.494 e. The largest absolute Gasteiger partial charge is 0.494 e. The lowest BCUT2D eigenvalue weighted by Crippen LogP contribution is -2.08. The number of thiazole rings is 1. The summed E-state index contributed by atoms with van der Waals surface area (Å²) in [4.78, 5) is 16.5. The van der Waals surface area contributed by atoms with E-state index in [9.17, 15) is 9.18 Å². The normalized spacial score (nSPS) is 16.6. The van der Waals surface area contributed by atoms with Crippen molar-refractivity contribution >= 4 is 28.1 Å². The summed E-state index contributed by atoms with van der Waals surface area (Å²) < 4.78 is 18.3. The number of halogens is 1. The summed E-state index contributed by atoms with van der Waals surface area (Å²) >= 11 is 1.43. The second kappa shape index (κ2) is 5.33. The number of aromatic nitrogens is 1. The number of anilines is 2. The fourth-order valence-corrected chi connectivity index (χ4v) is 3.46. The van der Waals surface area contributed by atoms with Crippen LogP contribution >= 0.6 is 11.3 Å². The zero-order valence-electron chi connectivity index (χ0n) is 11.2. The Morgan fingerprint density at radius 3 is 3.10 bits per heavy atom. The molecule has 0 saturated heterocycles. The van der Waals surface area contributed by atoms with Crippen LogP contribution in [0.5, 0.6) is 5.75 Å². The first-order chi connectivity index (χ1) is 10.1. The number of aliphatic carboxylic acids is 1. The molecule has 0 fully saturated rings. The van der Waals surface area contributed by atoms with Crippen LogP contribution in [0, 0.1) is 5.82 Å². The third-order valence-electron chi connectivity index (χ3n) is 3.42. The van der Waals surface area contributed by atoms with Crippen LogP contribution in [0.3, 0.4) is 0 Å². The highest BCUT2D eigenvalue weighted by Gasteiger charge is 2.32. The number of carbonyl (C=O) groups is 1. The van der Waals surface area contributed by atoms with Gasteiger partial charge in [0.15, 0.2) is 5.13 Å². The lowest BCUT2D eigenvalue weighted by atomic mass is 10.1. The number of carboxylic acids is 1. The number of nitrogens with zero attached hydrogens (tertiary/aromatic N) is 1. The monoisotopic (exact) mass is 308 g/mol. The molecule has 2 aromatic rings. The SMILES string of the molecule is COc1cc(F)ccc1Nc1nc2c(s1)CCC2C(=O)O.